The fourth-order valence-corrected chi connectivity index (χ4v) is 2.22. The summed E-state index contributed by atoms with van der Waals surface area (Å²) in [5, 5.41) is 13.8. The first-order valence-corrected chi connectivity index (χ1v) is 7.30. The molecule has 4 heteroatoms. The Hall–Kier alpha value is -0.770. The number of ether oxygens (including phenoxy) is 1. The van der Waals surface area contributed by atoms with Gasteiger partial charge in [-0.25, -0.2) is 0 Å². The van der Waals surface area contributed by atoms with E-state index in [1.807, 2.05) is 0 Å². The summed E-state index contributed by atoms with van der Waals surface area (Å²) in [5.74, 6) is 2.34. The van der Waals surface area contributed by atoms with Gasteiger partial charge in [0.05, 0.1) is 0 Å². The van der Waals surface area contributed by atoms with Crippen molar-refractivity contribution in [2.24, 2.45) is 11.8 Å². The zero-order chi connectivity index (χ0) is 13.7. The van der Waals surface area contributed by atoms with Gasteiger partial charge in [0.25, 0.3) is 0 Å². The van der Waals surface area contributed by atoms with E-state index >= 15 is 0 Å². The molecule has 1 aromatic rings. The Morgan fingerprint density at radius 2 is 2.00 bits per heavy atom. The second kappa shape index (κ2) is 7.13. The van der Waals surface area contributed by atoms with E-state index in [1.54, 1.807) is 24.3 Å². The molecular weight excluding hydrogens is 262 g/mol. The van der Waals surface area contributed by atoms with Crippen LogP contribution in [0.4, 0.5) is 0 Å². The van der Waals surface area contributed by atoms with Crippen LogP contribution in [0.25, 0.3) is 0 Å². The molecule has 2 unspecified atom stereocenters. The molecule has 0 radical (unpaired) electrons. The minimum absolute atomic E-state index is 0.298. The molecule has 2 N–H and O–H groups in total. The van der Waals surface area contributed by atoms with Gasteiger partial charge in [-0.3, -0.25) is 0 Å². The topological polar surface area (TPSA) is 41.5 Å². The molecule has 0 aliphatic heterocycles. The van der Waals surface area contributed by atoms with Crippen molar-refractivity contribution >= 4 is 11.6 Å². The summed E-state index contributed by atoms with van der Waals surface area (Å²) in [4.78, 5) is 0. The minimum atomic E-state index is -0.484. The molecule has 19 heavy (non-hydrogen) atoms. The van der Waals surface area contributed by atoms with Crippen molar-refractivity contribution in [3.63, 3.8) is 0 Å². The van der Waals surface area contributed by atoms with Crippen molar-refractivity contribution in [1.29, 1.82) is 0 Å². The van der Waals surface area contributed by atoms with Crippen molar-refractivity contribution in [3.8, 4) is 5.75 Å². The smallest absolute Gasteiger partial charge is 0.119 e. The van der Waals surface area contributed by atoms with Crippen LogP contribution in [0, 0.1) is 11.8 Å². The van der Waals surface area contributed by atoms with Crippen LogP contribution in [0.2, 0.25) is 5.02 Å². The van der Waals surface area contributed by atoms with Gasteiger partial charge in [-0.2, -0.15) is 0 Å². The second-order valence-electron chi connectivity index (χ2n) is 5.39. The van der Waals surface area contributed by atoms with E-state index in [2.05, 4.69) is 12.2 Å². The Kier molecular flexibility index (Phi) is 5.49. The number of benzene rings is 1. The summed E-state index contributed by atoms with van der Waals surface area (Å²) in [7, 11) is 0. The zero-order valence-corrected chi connectivity index (χ0v) is 12.1. The molecule has 0 saturated heterocycles. The summed E-state index contributed by atoms with van der Waals surface area (Å²) in [6, 6.07) is 7.16. The van der Waals surface area contributed by atoms with Crippen LogP contribution in [-0.2, 0) is 0 Å². The predicted octanol–water partition coefficient (Wildman–Crippen LogP) is 2.72. The minimum Gasteiger partial charge on any atom is -0.491 e. The molecule has 1 aliphatic rings. The van der Waals surface area contributed by atoms with Crippen LogP contribution < -0.4 is 10.1 Å². The molecule has 0 amide bonds. The Balaban J connectivity index is 1.58. The number of nitrogens with one attached hydrogen (secondary N) is 1. The fraction of sp³-hybridized carbons (Fsp3) is 0.600. The van der Waals surface area contributed by atoms with Crippen molar-refractivity contribution < 1.29 is 9.84 Å². The van der Waals surface area contributed by atoms with E-state index in [0.717, 1.165) is 18.2 Å². The van der Waals surface area contributed by atoms with Gasteiger partial charge in [0.15, 0.2) is 0 Å². The quantitative estimate of drug-likeness (QED) is 0.771. The van der Waals surface area contributed by atoms with E-state index in [4.69, 9.17) is 16.3 Å². The molecule has 106 valence electrons. The highest BCUT2D eigenvalue weighted by atomic mass is 35.5. The summed E-state index contributed by atoms with van der Waals surface area (Å²) in [6.07, 6.45) is 2.25. The maximum absolute atomic E-state index is 9.82. The average Bonchev–Trinajstić information content (AvgIpc) is 3.22. The Morgan fingerprint density at radius 1 is 1.32 bits per heavy atom. The van der Waals surface area contributed by atoms with Gasteiger partial charge in [-0.05, 0) is 55.5 Å². The highest BCUT2D eigenvalue weighted by molar-refractivity contribution is 6.30. The third-order valence-electron chi connectivity index (χ3n) is 3.53. The van der Waals surface area contributed by atoms with Crippen LogP contribution in [0.3, 0.4) is 0 Å². The Bertz CT molecular complexity index is 378. The summed E-state index contributed by atoms with van der Waals surface area (Å²) in [6.45, 7) is 4.11. The van der Waals surface area contributed by atoms with E-state index in [-0.39, 0.29) is 0 Å². The largest absolute Gasteiger partial charge is 0.491 e. The SMILES string of the molecule is CC(CNCC(O)COc1ccc(Cl)cc1)C1CC1. The number of hydrogen-bond acceptors (Lipinski definition) is 3. The zero-order valence-electron chi connectivity index (χ0n) is 11.3. The number of halogens is 1. The third-order valence-corrected chi connectivity index (χ3v) is 3.78. The predicted molar refractivity (Wildman–Crippen MR) is 77.7 cm³/mol. The van der Waals surface area contributed by atoms with Crippen molar-refractivity contribution in [1.82, 2.24) is 5.32 Å². The van der Waals surface area contributed by atoms with Gasteiger partial charge in [-0.15, -0.1) is 0 Å². The van der Waals surface area contributed by atoms with Crippen LogP contribution >= 0.6 is 11.6 Å². The number of aliphatic hydroxyl groups is 1. The lowest BCUT2D eigenvalue weighted by Gasteiger charge is -2.15. The summed E-state index contributed by atoms with van der Waals surface area (Å²) in [5.41, 5.74) is 0. The number of hydrogen-bond donors (Lipinski definition) is 2. The molecule has 1 fully saturated rings. The van der Waals surface area contributed by atoms with Crippen molar-refractivity contribution in [2.75, 3.05) is 19.7 Å². The molecule has 0 heterocycles. The van der Waals surface area contributed by atoms with Gasteiger partial charge in [0, 0.05) is 11.6 Å². The van der Waals surface area contributed by atoms with Gasteiger partial charge >= 0.3 is 0 Å². The lowest BCUT2D eigenvalue weighted by atomic mass is 10.1. The third kappa shape index (κ3) is 5.39. The number of rotatable bonds is 8. The van der Waals surface area contributed by atoms with E-state index < -0.39 is 6.10 Å². The van der Waals surface area contributed by atoms with Gasteiger partial charge in [0.2, 0.25) is 0 Å². The maximum atomic E-state index is 9.82. The normalized spacial score (nSPS) is 18.1. The molecule has 1 aromatic carbocycles. The van der Waals surface area contributed by atoms with Crippen molar-refractivity contribution in [3.05, 3.63) is 29.3 Å². The number of aliphatic hydroxyl groups excluding tert-OH is 1. The molecule has 0 bridgehead atoms. The van der Waals surface area contributed by atoms with E-state index in [1.165, 1.54) is 12.8 Å². The molecule has 0 spiro atoms. The molecule has 1 saturated carbocycles. The first-order valence-electron chi connectivity index (χ1n) is 6.92. The highest BCUT2D eigenvalue weighted by Gasteiger charge is 2.27. The molecule has 2 rings (SSSR count). The highest BCUT2D eigenvalue weighted by Crippen LogP contribution is 2.35. The van der Waals surface area contributed by atoms with E-state index in [0.29, 0.717) is 24.1 Å². The standard InChI is InChI=1S/C15H22ClNO2/c1-11(12-2-3-12)8-17-9-14(18)10-19-15-6-4-13(16)5-7-15/h4-7,11-12,14,17-18H,2-3,8-10H2,1H3. The Morgan fingerprint density at radius 3 is 2.63 bits per heavy atom. The second-order valence-corrected chi connectivity index (χ2v) is 5.83. The molecule has 2 atom stereocenters. The monoisotopic (exact) mass is 283 g/mol. The van der Waals surface area contributed by atoms with Gasteiger partial charge in [-0.1, -0.05) is 18.5 Å². The van der Waals surface area contributed by atoms with E-state index in [9.17, 15) is 5.11 Å². The maximum Gasteiger partial charge on any atom is 0.119 e. The van der Waals surface area contributed by atoms with Gasteiger partial charge < -0.3 is 15.2 Å². The summed E-state index contributed by atoms with van der Waals surface area (Å²) < 4.78 is 5.49. The van der Waals surface area contributed by atoms with Gasteiger partial charge in [0.1, 0.15) is 18.5 Å². The first-order chi connectivity index (χ1) is 9.15. The average molecular weight is 284 g/mol. The fourth-order valence-electron chi connectivity index (χ4n) is 2.09. The Labute approximate surface area is 119 Å². The lowest BCUT2D eigenvalue weighted by molar-refractivity contribution is 0.105. The molecule has 0 aromatic heterocycles. The van der Waals surface area contributed by atoms with Crippen LogP contribution in [0.1, 0.15) is 19.8 Å². The molecule has 1 aliphatic carbocycles. The van der Waals surface area contributed by atoms with Crippen molar-refractivity contribution in [2.45, 2.75) is 25.9 Å². The first kappa shape index (κ1) is 14.6. The van der Waals surface area contributed by atoms with Crippen LogP contribution in [0.15, 0.2) is 24.3 Å². The van der Waals surface area contributed by atoms with Crippen LogP contribution in [0.5, 0.6) is 5.75 Å². The molecule has 3 nitrogen and oxygen atoms in total. The summed E-state index contributed by atoms with van der Waals surface area (Å²) >= 11 is 5.79. The molecular formula is C15H22ClNO2. The lowest BCUT2D eigenvalue weighted by Crippen LogP contribution is -2.34. The van der Waals surface area contributed by atoms with Crippen LogP contribution in [-0.4, -0.2) is 30.9 Å².